The predicted octanol–water partition coefficient (Wildman–Crippen LogP) is 3.56. The van der Waals surface area contributed by atoms with Gasteiger partial charge in [-0.2, -0.15) is 5.10 Å². The highest BCUT2D eigenvalue weighted by Crippen LogP contribution is 2.52. The summed E-state index contributed by atoms with van der Waals surface area (Å²) in [6.45, 7) is 7.99. The van der Waals surface area contributed by atoms with Gasteiger partial charge in [0.1, 0.15) is 29.7 Å². The molecule has 1 fully saturated rings. The minimum absolute atomic E-state index is 0.264. The molecule has 0 aromatic carbocycles. The lowest BCUT2D eigenvalue weighted by Gasteiger charge is -2.15. The molecule has 0 N–H and O–H groups in total. The number of fused-ring (bicyclic) bond motifs is 1. The fourth-order valence-corrected chi connectivity index (χ4v) is 3.79. The zero-order valence-electron chi connectivity index (χ0n) is 17.1. The number of alkyl halides is 1. The van der Waals surface area contributed by atoms with Crippen LogP contribution in [0.2, 0.25) is 25.7 Å². The number of methoxy groups -OCH3 is 1. The maximum atomic E-state index is 14.8. The van der Waals surface area contributed by atoms with Crippen LogP contribution in [-0.4, -0.2) is 51.5 Å². The van der Waals surface area contributed by atoms with E-state index in [1.165, 1.54) is 13.4 Å². The molecule has 29 heavy (non-hydrogen) atoms. The van der Waals surface area contributed by atoms with E-state index in [-0.39, 0.29) is 11.6 Å². The third-order valence-electron chi connectivity index (χ3n) is 4.95. The van der Waals surface area contributed by atoms with Crippen LogP contribution in [0.5, 0.6) is 5.88 Å². The smallest absolute Gasteiger partial charge is 0.227 e. The van der Waals surface area contributed by atoms with E-state index in [0.29, 0.717) is 43.1 Å². The van der Waals surface area contributed by atoms with Crippen molar-refractivity contribution in [3.05, 3.63) is 24.4 Å². The van der Waals surface area contributed by atoms with Gasteiger partial charge in [0.15, 0.2) is 11.5 Å². The molecule has 0 amide bonds. The van der Waals surface area contributed by atoms with Crippen LogP contribution in [0.1, 0.15) is 18.5 Å². The summed E-state index contributed by atoms with van der Waals surface area (Å²) in [7, 11) is 0.351. The summed E-state index contributed by atoms with van der Waals surface area (Å²) >= 11 is 0. The van der Waals surface area contributed by atoms with Crippen LogP contribution in [0.4, 0.5) is 4.39 Å². The minimum Gasteiger partial charge on any atom is -0.480 e. The van der Waals surface area contributed by atoms with Gasteiger partial charge in [-0.1, -0.05) is 19.6 Å². The Labute approximate surface area is 169 Å². The Morgan fingerprint density at radius 2 is 1.97 bits per heavy atom. The molecule has 154 valence electrons. The molecule has 1 saturated carbocycles. The van der Waals surface area contributed by atoms with Crippen molar-refractivity contribution >= 4 is 19.1 Å². The van der Waals surface area contributed by atoms with Crippen LogP contribution in [0.25, 0.3) is 22.4 Å². The lowest BCUT2D eigenvalue weighted by molar-refractivity contribution is 0.0816. The van der Waals surface area contributed by atoms with Crippen LogP contribution >= 0.6 is 0 Å². The van der Waals surface area contributed by atoms with Crippen LogP contribution in [-0.2, 0) is 17.1 Å². The number of ether oxygens (including phenoxy) is 2. The van der Waals surface area contributed by atoms with E-state index in [4.69, 9.17) is 9.47 Å². The molecule has 0 radical (unpaired) electrons. The summed E-state index contributed by atoms with van der Waals surface area (Å²) in [6, 6.07) is 1.09. The lowest BCUT2D eigenvalue weighted by atomic mass is 10.1. The van der Waals surface area contributed by atoms with Gasteiger partial charge in [0, 0.05) is 14.7 Å². The Kier molecular flexibility index (Phi) is 5.07. The molecule has 10 heteroatoms. The average molecular weight is 417 g/mol. The van der Waals surface area contributed by atoms with E-state index >= 15 is 0 Å². The first-order valence-electron chi connectivity index (χ1n) is 9.66. The predicted molar refractivity (Wildman–Crippen MR) is 109 cm³/mol. The summed E-state index contributed by atoms with van der Waals surface area (Å²) in [5.74, 6) is 0.591. The summed E-state index contributed by atoms with van der Waals surface area (Å²) in [6.07, 6.45) is 5.48. The zero-order chi connectivity index (χ0) is 20.6. The highest BCUT2D eigenvalue weighted by atomic mass is 28.3. The summed E-state index contributed by atoms with van der Waals surface area (Å²) in [4.78, 5) is 17.3. The summed E-state index contributed by atoms with van der Waals surface area (Å²) in [5.41, 5.74) is 0.616. The van der Waals surface area contributed by atoms with Crippen molar-refractivity contribution in [2.24, 2.45) is 0 Å². The van der Waals surface area contributed by atoms with Crippen LogP contribution < -0.4 is 4.74 Å². The monoisotopic (exact) mass is 416 g/mol. The molecule has 0 spiro atoms. The Morgan fingerprint density at radius 3 is 2.66 bits per heavy atom. The van der Waals surface area contributed by atoms with E-state index in [1.54, 1.807) is 17.1 Å². The highest BCUT2D eigenvalue weighted by Gasteiger charge is 2.49. The van der Waals surface area contributed by atoms with Crippen LogP contribution in [0.15, 0.2) is 18.7 Å². The maximum absolute atomic E-state index is 14.8. The molecule has 0 atom stereocenters. The van der Waals surface area contributed by atoms with Gasteiger partial charge >= 0.3 is 0 Å². The lowest BCUT2D eigenvalue weighted by Crippen LogP contribution is -2.22. The van der Waals surface area contributed by atoms with Gasteiger partial charge in [-0.3, -0.25) is 0 Å². The van der Waals surface area contributed by atoms with Gasteiger partial charge in [-0.25, -0.2) is 29.0 Å². The molecular weight excluding hydrogens is 391 g/mol. The quantitative estimate of drug-likeness (QED) is 0.410. The molecule has 3 heterocycles. The van der Waals surface area contributed by atoms with Crippen molar-refractivity contribution in [3.8, 4) is 17.3 Å². The first-order chi connectivity index (χ1) is 13.8. The number of rotatable bonds is 8. The Bertz CT molecular complexity index is 1030. The minimum atomic E-state index is -1.46. The molecule has 0 aliphatic heterocycles. The molecule has 3 aromatic rings. The van der Waals surface area contributed by atoms with Gasteiger partial charge < -0.3 is 9.47 Å². The molecule has 8 nitrogen and oxygen atoms in total. The van der Waals surface area contributed by atoms with E-state index in [9.17, 15) is 4.39 Å². The summed E-state index contributed by atoms with van der Waals surface area (Å²) < 4.78 is 27.7. The number of hydrogen-bond donors (Lipinski definition) is 0. The van der Waals surface area contributed by atoms with E-state index in [2.05, 4.69) is 44.7 Å². The number of aromatic nitrogens is 6. The fourth-order valence-electron chi connectivity index (χ4n) is 3.03. The fraction of sp³-hybridized carbons (Fsp3) is 0.526. The van der Waals surface area contributed by atoms with E-state index in [0.717, 1.165) is 11.6 Å². The van der Waals surface area contributed by atoms with Crippen molar-refractivity contribution in [2.45, 2.75) is 50.9 Å². The molecular formula is C19H25FN6O2Si. The van der Waals surface area contributed by atoms with Crippen molar-refractivity contribution in [3.63, 3.8) is 0 Å². The van der Waals surface area contributed by atoms with Gasteiger partial charge in [0.05, 0.1) is 25.2 Å². The van der Waals surface area contributed by atoms with E-state index in [1.807, 2.05) is 0 Å². The second-order valence-electron chi connectivity index (χ2n) is 8.53. The average Bonchev–Trinajstić information content (AvgIpc) is 3.32. The molecule has 4 rings (SSSR count). The van der Waals surface area contributed by atoms with Crippen molar-refractivity contribution in [1.29, 1.82) is 0 Å². The largest absolute Gasteiger partial charge is 0.480 e. The highest BCUT2D eigenvalue weighted by molar-refractivity contribution is 6.76. The van der Waals surface area contributed by atoms with Crippen molar-refractivity contribution in [2.75, 3.05) is 13.7 Å². The molecule has 1 aliphatic rings. The SMILES string of the molecule is COc1ncnc(C2(F)CC2)c1-c1ncc2c(cnn2COCC[Si](C)(C)C)n1. The molecule has 0 bridgehead atoms. The Morgan fingerprint density at radius 1 is 1.17 bits per heavy atom. The summed E-state index contributed by atoms with van der Waals surface area (Å²) in [5, 5.41) is 4.35. The van der Waals surface area contributed by atoms with Crippen LogP contribution in [0, 0.1) is 0 Å². The first kappa shape index (κ1) is 19.8. The van der Waals surface area contributed by atoms with Gasteiger partial charge in [-0.15, -0.1) is 0 Å². The standard InChI is InChI=1S/C19H25FN6O2Si/c1-27-18-15(16(22-11-23-18)19(20)5-6-19)17-21-10-14-13(25-17)9-24-26(14)12-28-7-8-29(2,3)4/h9-11H,5-8,12H2,1-4H3. The third-order valence-corrected chi connectivity index (χ3v) is 6.65. The molecule has 3 aromatic heterocycles. The van der Waals surface area contributed by atoms with Gasteiger partial charge in [0.2, 0.25) is 5.88 Å². The number of halogens is 1. The van der Waals surface area contributed by atoms with Gasteiger partial charge in [-0.05, 0) is 18.9 Å². The maximum Gasteiger partial charge on any atom is 0.227 e. The van der Waals surface area contributed by atoms with Crippen molar-refractivity contribution < 1.29 is 13.9 Å². The second-order valence-corrected chi connectivity index (χ2v) is 14.1. The van der Waals surface area contributed by atoms with E-state index < -0.39 is 13.7 Å². The second kappa shape index (κ2) is 7.41. The molecule has 1 aliphatic carbocycles. The van der Waals surface area contributed by atoms with Crippen molar-refractivity contribution in [1.82, 2.24) is 29.7 Å². The molecule has 0 saturated heterocycles. The number of nitrogens with zero attached hydrogens (tertiary/aromatic N) is 6. The van der Waals surface area contributed by atoms with Gasteiger partial charge in [0.25, 0.3) is 0 Å². The zero-order valence-corrected chi connectivity index (χ0v) is 18.1. The Hall–Kier alpha value is -2.46. The Balaban J connectivity index is 1.61. The van der Waals surface area contributed by atoms with Crippen LogP contribution in [0.3, 0.4) is 0 Å². The molecule has 0 unspecified atom stereocenters. The first-order valence-corrected chi connectivity index (χ1v) is 13.4. The topological polar surface area (TPSA) is 87.8 Å². The normalized spacial score (nSPS) is 15.6. The third kappa shape index (κ3) is 4.13. The number of hydrogen-bond acceptors (Lipinski definition) is 7.